The fraction of sp³-hybridized carbons (Fsp3) is 0.552. The number of amides is 2. The number of aliphatic hydroxyl groups is 1. The summed E-state index contributed by atoms with van der Waals surface area (Å²) in [5, 5.41) is 10.8. The van der Waals surface area contributed by atoms with Crippen molar-refractivity contribution < 1.29 is 29.0 Å². The Balaban J connectivity index is 1.72. The van der Waals surface area contributed by atoms with Gasteiger partial charge in [-0.05, 0) is 44.2 Å². The molecule has 1 spiro atoms. The normalized spacial score (nSPS) is 34.6. The number of fused-ring (bicyclic) bond motifs is 2. The molecule has 0 aliphatic carbocycles. The first kappa shape index (κ1) is 26.9. The van der Waals surface area contributed by atoms with E-state index in [-0.39, 0.29) is 31.6 Å². The van der Waals surface area contributed by atoms with Crippen LogP contribution in [0.5, 0.6) is 0 Å². The standard InChI is InChI=1S/C29H35ClN2O6/c1-17(2)20(16-33)32-24-26(35)31(23-18(3)10-8-11-19(23)30)14-9-13-29(24)21(25(32)34)22-27(36)37-15-7-5-6-12-28(22,4)38-29/h6,8-13,17,20-22,24,33H,5,7,14-16H2,1-4H3/b12-6-/t20-,21-,22+,24?,28-,29-/m0/s1. The SMILES string of the molecule is Cc1cccc(Cl)c1N1CC=C[C@]23O[C@@]4(C)/C=C\CCCOC(=O)[C@H]4[C@H]2C(=O)N([C@@H](CO)C(C)C)C3C1=O. The van der Waals surface area contributed by atoms with Crippen LogP contribution in [-0.4, -0.2) is 70.8 Å². The number of aliphatic hydroxyl groups excluding tert-OH is 1. The number of nitrogens with zero attached hydrogens (tertiary/aromatic N) is 2. The zero-order valence-electron chi connectivity index (χ0n) is 22.2. The highest BCUT2D eigenvalue weighted by molar-refractivity contribution is 6.34. The Bertz CT molecular complexity index is 1190. The van der Waals surface area contributed by atoms with Crippen LogP contribution in [0.3, 0.4) is 0 Å². The second-order valence-corrected chi connectivity index (χ2v) is 11.6. The first-order valence-corrected chi connectivity index (χ1v) is 13.7. The van der Waals surface area contributed by atoms with Gasteiger partial charge in [0.1, 0.15) is 17.6 Å². The van der Waals surface area contributed by atoms with E-state index in [0.29, 0.717) is 23.6 Å². The van der Waals surface area contributed by atoms with Gasteiger partial charge in [-0.15, -0.1) is 0 Å². The second kappa shape index (κ2) is 9.81. The molecule has 9 heteroatoms. The van der Waals surface area contributed by atoms with Gasteiger partial charge in [0.2, 0.25) is 5.91 Å². The first-order chi connectivity index (χ1) is 18.1. The third-order valence-electron chi connectivity index (χ3n) is 8.46. The van der Waals surface area contributed by atoms with E-state index in [1.54, 1.807) is 24.0 Å². The van der Waals surface area contributed by atoms with Gasteiger partial charge in [-0.1, -0.05) is 61.9 Å². The summed E-state index contributed by atoms with van der Waals surface area (Å²) < 4.78 is 12.4. The number of benzene rings is 1. The van der Waals surface area contributed by atoms with Crippen molar-refractivity contribution in [2.45, 2.75) is 63.8 Å². The van der Waals surface area contributed by atoms with E-state index in [0.717, 1.165) is 5.56 Å². The zero-order chi connectivity index (χ0) is 27.4. The highest BCUT2D eigenvalue weighted by Crippen LogP contribution is 2.58. The van der Waals surface area contributed by atoms with Crippen LogP contribution in [0.25, 0.3) is 0 Å². The summed E-state index contributed by atoms with van der Waals surface area (Å²) in [6.45, 7) is 7.57. The highest BCUT2D eigenvalue weighted by Gasteiger charge is 2.75. The number of carbonyl (C=O) groups is 3. The number of cyclic esters (lactones) is 1. The van der Waals surface area contributed by atoms with Gasteiger partial charge in [0, 0.05) is 6.54 Å². The molecule has 4 heterocycles. The van der Waals surface area contributed by atoms with Crippen molar-refractivity contribution in [3.05, 3.63) is 53.1 Å². The number of likely N-dealkylation sites (tertiary alicyclic amines) is 1. The van der Waals surface area contributed by atoms with Gasteiger partial charge in [0.05, 0.1) is 41.5 Å². The number of halogens is 1. The third-order valence-corrected chi connectivity index (χ3v) is 8.77. The monoisotopic (exact) mass is 542 g/mol. The predicted molar refractivity (Wildman–Crippen MR) is 143 cm³/mol. The molecule has 204 valence electrons. The number of para-hydroxylation sites is 1. The number of aryl methyl sites for hydroxylation is 1. The number of allylic oxidation sites excluding steroid dienone is 1. The van der Waals surface area contributed by atoms with Crippen molar-refractivity contribution in [2.24, 2.45) is 17.8 Å². The highest BCUT2D eigenvalue weighted by atomic mass is 35.5. The largest absolute Gasteiger partial charge is 0.465 e. The van der Waals surface area contributed by atoms with Crippen LogP contribution in [0.4, 0.5) is 5.69 Å². The lowest BCUT2D eigenvalue weighted by molar-refractivity contribution is -0.160. The zero-order valence-corrected chi connectivity index (χ0v) is 23.0. The molecule has 0 radical (unpaired) electrons. The van der Waals surface area contributed by atoms with Crippen LogP contribution < -0.4 is 4.90 Å². The quantitative estimate of drug-likeness (QED) is 0.462. The summed E-state index contributed by atoms with van der Waals surface area (Å²) >= 11 is 6.59. The minimum absolute atomic E-state index is 0.158. The molecule has 0 bridgehead atoms. The molecule has 1 aromatic rings. The van der Waals surface area contributed by atoms with E-state index in [1.807, 2.05) is 51.1 Å². The maximum absolute atomic E-state index is 14.6. The van der Waals surface area contributed by atoms with Crippen LogP contribution >= 0.6 is 11.6 Å². The molecule has 4 aliphatic rings. The second-order valence-electron chi connectivity index (χ2n) is 11.2. The van der Waals surface area contributed by atoms with Crippen LogP contribution in [0, 0.1) is 24.7 Å². The molecule has 1 N–H and O–H groups in total. The number of ether oxygens (including phenoxy) is 2. The number of carbonyl (C=O) groups excluding carboxylic acids is 3. The summed E-state index contributed by atoms with van der Waals surface area (Å²) in [7, 11) is 0. The average molecular weight is 543 g/mol. The average Bonchev–Trinajstić information content (AvgIpc) is 3.20. The summed E-state index contributed by atoms with van der Waals surface area (Å²) in [5.41, 5.74) is -1.21. The molecule has 1 unspecified atom stereocenters. The summed E-state index contributed by atoms with van der Waals surface area (Å²) in [5.74, 6) is -3.37. The molecule has 1 aromatic carbocycles. The molecule has 2 saturated heterocycles. The van der Waals surface area contributed by atoms with E-state index in [2.05, 4.69) is 0 Å². The molecule has 2 fully saturated rings. The Morgan fingerprint density at radius 2 is 1.89 bits per heavy atom. The Morgan fingerprint density at radius 1 is 1.13 bits per heavy atom. The van der Waals surface area contributed by atoms with Crippen molar-refractivity contribution in [1.29, 1.82) is 0 Å². The molecule has 0 saturated carbocycles. The lowest BCUT2D eigenvalue weighted by atomic mass is 9.74. The van der Waals surface area contributed by atoms with Gasteiger partial charge in [-0.3, -0.25) is 14.4 Å². The molecule has 8 nitrogen and oxygen atoms in total. The smallest absolute Gasteiger partial charge is 0.313 e. The van der Waals surface area contributed by atoms with E-state index >= 15 is 0 Å². The molecule has 4 aliphatic heterocycles. The Labute approximate surface area is 228 Å². The number of anilines is 1. The Morgan fingerprint density at radius 3 is 2.58 bits per heavy atom. The van der Waals surface area contributed by atoms with Crippen LogP contribution in [0.2, 0.25) is 5.02 Å². The molecular weight excluding hydrogens is 508 g/mol. The number of hydrogen-bond donors (Lipinski definition) is 1. The summed E-state index contributed by atoms with van der Waals surface area (Å²) in [4.78, 5) is 45.5. The predicted octanol–water partition coefficient (Wildman–Crippen LogP) is 3.43. The Kier molecular flexibility index (Phi) is 6.95. The lowest BCUT2D eigenvalue weighted by Crippen LogP contribution is -2.59. The maximum atomic E-state index is 14.6. The number of hydrogen-bond acceptors (Lipinski definition) is 6. The fourth-order valence-corrected chi connectivity index (χ4v) is 7.04. The Hall–Kier alpha value is -2.68. The molecule has 2 amide bonds. The van der Waals surface area contributed by atoms with Gasteiger partial charge in [-0.2, -0.15) is 0 Å². The number of esters is 1. The van der Waals surface area contributed by atoms with E-state index < -0.39 is 47.0 Å². The van der Waals surface area contributed by atoms with Gasteiger partial charge >= 0.3 is 5.97 Å². The van der Waals surface area contributed by atoms with E-state index in [9.17, 15) is 19.5 Å². The molecule has 0 aromatic heterocycles. The summed E-state index contributed by atoms with van der Waals surface area (Å²) in [6.07, 6.45) is 8.78. The van der Waals surface area contributed by atoms with E-state index in [4.69, 9.17) is 21.1 Å². The van der Waals surface area contributed by atoms with Crippen molar-refractivity contribution in [3.63, 3.8) is 0 Å². The third kappa shape index (κ3) is 3.91. The molecule has 6 atom stereocenters. The van der Waals surface area contributed by atoms with Crippen LogP contribution in [0.1, 0.15) is 39.2 Å². The fourth-order valence-electron chi connectivity index (χ4n) is 6.72. The molecule has 38 heavy (non-hydrogen) atoms. The van der Waals surface area contributed by atoms with Crippen LogP contribution in [0.15, 0.2) is 42.5 Å². The van der Waals surface area contributed by atoms with Gasteiger partial charge in [0.25, 0.3) is 5.91 Å². The van der Waals surface area contributed by atoms with Crippen LogP contribution in [-0.2, 0) is 23.9 Å². The minimum atomic E-state index is -1.43. The maximum Gasteiger partial charge on any atom is 0.313 e. The molecular formula is C29H35ClN2O6. The lowest BCUT2D eigenvalue weighted by Gasteiger charge is -2.41. The van der Waals surface area contributed by atoms with E-state index in [1.165, 1.54) is 4.90 Å². The minimum Gasteiger partial charge on any atom is -0.465 e. The number of rotatable bonds is 4. The van der Waals surface area contributed by atoms with Crippen molar-refractivity contribution in [3.8, 4) is 0 Å². The van der Waals surface area contributed by atoms with Gasteiger partial charge in [0.15, 0.2) is 0 Å². The van der Waals surface area contributed by atoms with Crippen molar-refractivity contribution >= 4 is 35.1 Å². The topological polar surface area (TPSA) is 96.4 Å². The van der Waals surface area contributed by atoms with Crippen molar-refractivity contribution in [2.75, 3.05) is 24.7 Å². The first-order valence-electron chi connectivity index (χ1n) is 13.3. The summed E-state index contributed by atoms with van der Waals surface area (Å²) in [6, 6.07) is 3.66. The van der Waals surface area contributed by atoms with Gasteiger partial charge < -0.3 is 24.4 Å². The van der Waals surface area contributed by atoms with Gasteiger partial charge in [-0.25, -0.2) is 0 Å². The van der Waals surface area contributed by atoms with Crippen molar-refractivity contribution in [1.82, 2.24) is 4.90 Å². The molecule has 5 rings (SSSR count).